The number of thiazole rings is 1. The molecule has 5 aromatic rings. The lowest BCUT2D eigenvalue weighted by Crippen LogP contribution is -2.49. The molecule has 7 rings (SSSR count). The molecule has 0 atom stereocenters. The summed E-state index contributed by atoms with van der Waals surface area (Å²) < 4.78 is 24.0. The summed E-state index contributed by atoms with van der Waals surface area (Å²) in [6, 6.07) is 9.15. The molecule has 1 saturated carbocycles. The number of ketones is 1. The van der Waals surface area contributed by atoms with Gasteiger partial charge in [-0.05, 0) is 86.4 Å². The minimum Gasteiger partial charge on any atom is -0.383 e. The Morgan fingerprint density at radius 2 is 1.53 bits per heavy atom. The molecule has 70 heavy (non-hydrogen) atoms. The number of benzene rings is 1. The largest absolute Gasteiger partial charge is 0.383 e. The Morgan fingerprint density at radius 3 is 2.16 bits per heavy atom. The summed E-state index contributed by atoms with van der Waals surface area (Å²) in [5, 5.41) is 23.5. The molecule has 1 aliphatic heterocycles. The topological polar surface area (TPSA) is 259 Å². The Balaban J connectivity index is 0.685. The maximum Gasteiger partial charge on any atom is 0.345 e. The molecule has 0 bridgehead atoms. The highest BCUT2D eigenvalue weighted by Gasteiger charge is 2.26. The van der Waals surface area contributed by atoms with Crippen LogP contribution in [0.2, 0.25) is 0 Å². The fraction of sp³-hybridized carbons (Fsp3) is 0.489. The molecule has 2 aliphatic rings. The highest BCUT2D eigenvalue weighted by atomic mass is 32.1. The first-order valence-corrected chi connectivity index (χ1v) is 24.2. The van der Waals surface area contributed by atoms with Crippen LogP contribution in [0.15, 0.2) is 53.7 Å². The number of anilines is 5. The lowest BCUT2D eigenvalue weighted by Gasteiger charge is -2.35. The van der Waals surface area contributed by atoms with E-state index in [0.29, 0.717) is 106 Å². The summed E-state index contributed by atoms with van der Waals surface area (Å²) in [6.45, 7) is 12.6. The van der Waals surface area contributed by atoms with Crippen LogP contribution in [-0.2, 0) is 23.7 Å². The first-order chi connectivity index (χ1) is 33.9. The molecule has 1 aromatic carbocycles. The summed E-state index contributed by atoms with van der Waals surface area (Å²) in [7, 11) is 0. The lowest BCUT2D eigenvalue weighted by atomic mass is 10.0. The van der Waals surface area contributed by atoms with Crippen molar-refractivity contribution in [3.63, 3.8) is 0 Å². The smallest absolute Gasteiger partial charge is 0.345 e. The summed E-state index contributed by atoms with van der Waals surface area (Å²) in [6.07, 6.45) is 8.38. The molecule has 4 aromatic heterocycles. The summed E-state index contributed by atoms with van der Waals surface area (Å²) in [5.41, 5.74) is 4.01. The minimum absolute atomic E-state index is 0.00572. The van der Waals surface area contributed by atoms with Crippen molar-refractivity contribution in [2.24, 2.45) is 0 Å². The van der Waals surface area contributed by atoms with Crippen LogP contribution in [0.1, 0.15) is 70.5 Å². The minimum atomic E-state index is -0.552. The predicted molar refractivity (Wildman–Crippen MR) is 265 cm³/mol. The molecular weight excluding hydrogens is 925 g/mol. The van der Waals surface area contributed by atoms with Crippen LogP contribution < -0.4 is 31.7 Å². The number of amides is 2. The number of piperazine rings is 1. The Hall–Kier alpha value is -6.50. The highest BCUT2D eigenvalue weighted by Crippen LogP contribution is 2.32. The van der Waals surface area contributed by atoms with Gasteiger partial charge in [-0.25, -0.2) is 15.0 Å². The van der Waals surface area contributed by atoms with Crippen LogP contribution in [0.5, 0.6) is 0 Å². The van der Waals surface area contributed by atoms with Gasteiger partial charge in [0, 0.05) is 68.1 Å². The van der Waals surface area contributed by atoms with Crippen LogP contribution in [0.25, 0.3) is 11.0 Å². The Morgan fingerprint density at radius 1 is 0.843 bits per heavy atom. The third-order valence-corrected chi connectivity index (χ3v) is 12.8. The first-order valence-electron chi connectivity index (χ1n) is 23.4. The number of ether oxygens (including phenoxy) is 4. The average molecular weight is 985 g/mol. The van der Waals surface area contributed by atoms with E-state index in [1.807, 2.05) is 25.1 Å². The van der Waals surface area contributed by atoms with Gasteiger partial charge in [0.15, 0.2) is 10.9 Å². The van der Waals surface area contributed by atoms with Crippen LogP contribution in [0, 0.1) is 24.0 Å². The van der Waals surface area contributed by atoms with Crippen molar-refractivity contribution >= 4 is 73.2 Å². The van der Waals surface area contributed by atoms with Crippen LogP contribution in [-0.4, -0.2) is 151 Å². The number of rotatable bonds is 26. The second-order valence-corrected chi connectivity index (χ2v) is 17.9. The van der Waals surface area contributed by atoms with Gasteiger partial charge in [-0.3, -0.25) is 44.1 Å². The van der Waals surface area contributed by atoms with E-state index in [2.05, 4.69) is 46.0 Å². The van der Waals surface area contributed by atoms with Crippen molar-refractivity contribution in [2.45, 2.75) is 52.5 Å². The second-order valence-electron chi connectivity index (χ2n) is 16.9. The van der Waals surface area contributed by atoms with Crippen molar-refractivity contribution < 1.29 is 38.3 Å². The molecule has 374 valence electrons. The van der Waals surface area contributed by atoms with Gasteiger partial charge in [0.25, 0.3) is 11.5 Å². The van der Waals surface area contributed by atoms with E-state index in [9.17, 15) is 29.3 Å². The van der Waals surface area contributed by atoms with E-state index in [1.165, 1.54) is 6.92 Å². The van der Waals surface area contributed by atoms with Crippen molar-refractivity contribution in [3.8, 4) is 0 Å². The number of hydrogen-bond donors (Lipinski definition) is 4. The van der Waals surface area contributed by atoms with Gasteiger partial charge in [0.05, 0.1) is 81.8 Å². The number of nitro groups is 1. The molecule has 4 N–H and O–H groups in total. The number of aromatic nitrogens is 5. The molecule has 0 spiro atoms. The standard InChI is InChI=1S/C47H60N12O10S/c1-31-26-34(8-10-37(31)44(62)55-47-52-29-41(70-47)59(64)65)48-12-18-66-20-22-68-24-25-69-23-21-67-19-13-49-40(61)30-56-14-16-57(17-15-56)36-9-11-39(50-27-36)53-46-51-28-38-32(2)42(33(3)60)45(63)58(43(38)54-46)35-6-4-5-7-35/h8-11,26-29,35,48H,4-7,12-25,30H2,1-3H3,(H,49,61)(H,52,55,62)(H,50,51,53,54). The number of pyridine rings is 2. The van der Waals surface area contributed by atoms with E-state index in [0.717, 1.165) is 86.3 Å². The number of fused-ring (bicyclic) bond motifs is 1. The third-order valence-electron chi connectivity index (χ3n) is 12.0. The molecule has 23 heteroatoms. The first kappa shape index (κ1) is 51.4. The zero-order valence-corrected chi connectivity index (χ0v) is 40.5. The van der Waals surface area contributed by atoms with E-state index in [4.69, 9.17) is 23.9 Å². The van der Waals surface area contributed by atoms with E-state index in [1.54, 1.807) is 36.0 Å². The molecule has 0 unspecified atom stereocenters. The number of carbonyl (C=O) groups excluding carboxylic acids is 3. The van der Waals surface area contributed by atoms with Crippen LogP contribution >= 0.6 is 11.3 Å². The van der Waals surface area contributed by atoms with Gasteiger partial charge in [0.1, 0.15) is 17.7 Å². The second kappa shape index (κ2) is 25.4. The number of aryl methyl sites for hydroxylation is 2. The summed E-state index contributed by atoms with van der Waals surface area (Å²) in [4.78, 5) is 83.7. The lowest BCUT2D eigenvalue weighted by molar-refractivity contribution is -0.380. The Labute approximate surface area is 408 Å². The third kappa shape index (κ3) is 14.1. The Bertz CT molecular complexity index is 2650. The van der Waals surface area contributed by atoms with Gasteiger partial charge in [-0.1, -0.05) is 12.8 Å². The van der Waals surface area contributed by atoms with Crippen molar-refractivity contribution in [3.05, 3.63) is 91.6 Å². The molecule has 22 nitrogen and oxygen atoms in total. The quantitative estimate of drug-likeness (QED) is 0.0249. The molecule has 1 aliphatic carbocycles. The predicted octanol–water partition coefficient (Wildman–Crippen LogP) is 4.90. The average Bonchev–Trinajstić information content (AvgIpc) is 4.05. The van der Waals surface area contributed by atoms with Crippen molar-refractivity contribution in [2.75, 3.05) is 120 Å². The maximum absolute atomic E-state index is 13.6. The molecule has 5 heterocycles. The molecule has 2 amide bonds. The number of carbonyl (C=O) groups is 3. The molecular formula is C47H60N12O10S. The van der Waals surface area contributed by atoms with Crippen molar-refractivity contribution in [1.29, 1.82) is 0 Å². The van der Waals surface area contributed by atoms with Gasteiger partial charge in [-0.2, -0.15) is 4.98 Å². The normalized spacial score (nSPS) is 14.2. The van der Waals surface area contributed by atoms with E-state index in [-0.39, 0.29) is 39.0 Å². The van der Waals surface area contributed by atoms with Gasteiger partial charge < -0.3 is 39.8 Å². The number of nitrogens with zero attached hydrogens (tertiary/aromatic N) is 8. The van der Waals surface area contributed by atoms with E-state index < -0.39 is 10.8 Å². The summed E-state index contributed by atoms with van der Waals surface area (Å²) >= 11 is 0.797. The zero-order chi connectivity index (χ0) is 49.4. The molecule has 1 saturated heterocycles. The monoisotopic (exact) mass is 984 g/mol. The van der Waals surface area contributed by atoms with Crippen LogP contribution in [0.3, 0.4) is 0 Å². The van der Waals surface area contributed by atoms with Gasteiger partial charge >= 0.3 is 5.00 Å². The number of Topliss-reactive ketones (excluding diaryl/α,β-unsaturated/α-hetero) is 1. The molecule has 2 fully saturated rings. The fourth-order valence-electron chi connectivity index (χ4n) is 8.39. The number of nitrogens with one attached hydrogen (secondary N) is 4. The SMILES string of the molecule is CC(=O)c1c(C)c2cnc(Nc3ccc(N4CCN(CC(=O)NCCOCCOCCOCCOCCNc5ccc(C(=O)Nc6ncc([N+](=O)[O-])s6)c(C)c5)CC4)cn3)nc2n(C2CCCC2)c1=O. The molecule has 0 radical (unpaired) electrons. The summed E-state index contributed by atoms with van der Waals surface area (Å²) in [5.74, 6) is 0.182. The number of hydrogen-bond acceptors (Lipinski definition) is 19. The van der Waals surface area contributed by atoms with Gasteiger partial charge in [-0.15, -0.1) is 0 Å². The fourth-order valence-corrected chi connectivity index (χ4v) is 9.01. The van der Waals surface area contributed by atoms with Gasteiger partial charge in [0.2, 0.25) is 11.9 Å². The highest BCUT2D eigenvalue weighted by molar-refractivity contribution is 7.18. The Kier molecular flexibility index (Phi) is 18.6. The van der Waals surface area contributed by atoms with Crippen molar-refractivity contribution in [1.82, 2.24) is 34.7 Å². The van der Waals surface area contributed by atoms with Crippen LogP contribution in [0.4, 0.5) is 33.3 Å². The zero-order valence-electron chi connectivity index (χ0n) is 39.7. The van der Waals surface area contributed by atoms with E-state index >= 15 is 0 Å². The maximum atomic E-state index is 13.6.